The average Bonchev–Trinajstić information content (AvgIpc) is 3.10. The van der Waals surface area contributed by atoms with Crippen LogP contribution < -0.4 is 11.5 Å². The number of fused-ring (bicyclic) bond motifs is 1. The fraction of sp³-hybridized carbons (Fsp3) is 0.294. The molecule has 1 aromatic carbocycles. The first-order valence-electron chi connectivity index (χ1n) is 7.98. The van der Waals surface area contributed by atoms with Crippen molar-refractivity contribution in [3.8, 4) is 0 Å². The highest BCUT2D eigenvalue weighted by molar-refractivity contribution is 8.93. The van der Waals surface area contributed by atoms with Gasteiger partial charge in [0.05, 0.1) is 16.8 Å². The minimum absolute atomic E-state index is 0. The van der Waals surface area contributed by atoms with Gasteiger partial charge in [0.15, 0.2) is 5.96 Å². The normalized spacial score (nSPS) is 14.0. The van der Waals surface area contributed by atoms with Gasteiger partial charge in [-0.1, -0.05) is 12.1 Å². The third-order valence-corrected chi connectivity index (χ3v) is 4.87. The first-order chi connectivity index (χ1) is 12.0. The molecular weight excluding hydrogens is 418 g/mol. The molecule has 1 aliphatic rings. The molecule has 4 N–H and O–H groups in total. The lowest BCUT2D eigenvalue weighted by Crippen LogP contribution is -2.38. The summed E-state index contributed by atoms with van der Waals surface area (Å²) in [6.45, 7) is 1.90. The standard InChI is InChI=1S/C17H19N5O2S.BrH/c1-10(5-4-6-11-9-25-17(20-11)21-16(18)19)22-14(23)12-7-2-3-8-13(12)15(22)24;/h2-3,7-10H,4-6H2,1H3,(H4,18,19,20,21);1H. The number of aromatic nitrogens is 1. The third kappa shape index (κ3) is 4.10. The van der Waals surface area contributed by atoms with Crippen molar-refractivity contribution >= 4 is 51.2 Å². The van der Waals surface area contributed by atoms with Gasteiger partial charge in [-0.15, -0.1) is 28.3 Å². The lowest BCUT2D eigenvalue weighted by atomic mass is 10.1. The molecular formula is C17H20BrN5O2S. The second-order valence-corrected chi connectivity index (χ2v) is 6.76. The Hall–Kier alpha value is -2.26. The van der Waals surface area contributed by atoms with Gasteiger partial charge in [0, 0.05) is 11.4 Å². The first kappa shape index (κ1) is 20.1. The quantitative estimate of drug-likeness (QED) is 0.409. The second-order valence-electron chi connectivity index (χ2n) is 5.93. The number of hydrogen-bond acceptors (Lipinski definition) is 5. The van der Waals surface area contributed by atoms with Crippen LogP contribution in [-0.2, 0) is 6.42 Å². The molecule has 2 aromatic rings. The van der Waals surface area contributed by atoms with Crippen LogP contribution in [0.15, 0.2) is 34.6 Å². The highest BCUT2D eigenvalue weighted by Crippen LogP contribution is 2.26. The van der Waals surface area contributed by atoms with E-state index in [1.165, 1.54) is 16.2 Å². The Bertz CT molecular complexity index is 812. The number of carbonyl (C=O) groups is 2. The predicted molar refractivity (Wildman–Crippen MR) is 107 cm³/mol. The van der Waals surface area contributed by atoms with E-state index in [0.29, 0.717) is 22.7 Å². The molecule has 0 saturated heterocycles. The van der Waals surface area contributed by atoms with Crippen LogP contribution in [0.4, 0.5) is 5.13 Å². The predicted octanol–water partition coefficient (Wildman–Crippen LogP) is 2.63. The number of nitrogens with two attached hydrogens (primary N) is 2. The smallest absolute Gasteiger partial charge is 0.261 e. The zero-order chi connectivity index (χ0) is 18.0. The molecule has 26 heavy (non-hydrogen) atoms. The maximum atomic E-state index is 12.4. The van der Waals surface area contributed by atoms with Crippen LogP contribution in [0, 0.1) is 0 Å². The number of imide groups is 1. The summed E-state index contributed by atoms with van der Waals surface area (Å²) in [4.78, 5) is 34.5. The van der Waals surface area contributed by atoms with E-state index in [-0.39, 0.29) is 40.8 Å². The number of halogens is 1. The molecule has 2 amide bonds. The molecule has 1 aliphatic heterocycles. The van der Waals surface area contributed by atoms with Crippen molar-refractivity contribution in [2.24, 2.45) is 16.5 Å². The number of rotatable bonds is 6. The number of guanidine groups is 1. The van der Waals surface area contributed by atoms with Gasteiger partial charge in [0.25, 0.3) is 11.8 Å². The van der Waals surface area contributed by atoms with Crippen molar-refractivity contribution in [1.29, 1.82) is 0 Å². The van der Waals surface area contributed by atoms with E-state index in [9.17, 15) is 9.59 Å². The van der Waals surface area contributed by atoms with E-state index in [1.54, 1.807) is 24.3 Å². The molecule has 1 aromatic heterocycles. The number of aryl methyl sites for hydroxylation is 1. The molecule has 3 rings (SSSR count). The number of benzene rings is 1. The van der Waals surface area contributed by atoms with Crippen molar-refractivity contribution in [2.75, 3.05) is 0 Å². The lowest BCUT2D eigenvalue weighted by molar-refractivity contribution is 0.0589. The Morgan fingerprint density at radius 2 is 1.85 bits per heavy atom. The molecule has 0 radical (unpaired) electrons. The molecule has 0 fully saturated rings. The summed E-state index contributed by atoms with van der Waals surface area (Å²) < 4.78 is 0. The maximum absolute atomic E-state index is 12.4. The summed E-state index contributed by atoms with van der Waals surface area (Å²) in [6.07, 6.45) is 2.25. The minimum atomic E-state index is -0.211. The van der Waals surface area contributed by atoms with Crippen molar-refractivity contribution in [3.05, 3.63) is 46.5 Å². The Kier molecular flexibility index (Phi) is 6.49. The molecule has 1 atom stereocenters. The molecule has 2 heterocycles. The summed E-state index contributed by atoms with van der Waals surface area (Å²) in [5, 5.41) is 2.44. The van der Waals surface area contributed by atoms with E-state index < -0.39 is 0 Å². The SMILES string of the molecule is Br.CC(CCCc1csc(N=C(N)N)n1)N1C(=O)c2ccccc2C1=O. The molecule has 0 bridgehead atoms. The Labute approximate surface area is 165 Å². The van der Waals surface area contributed by atoms with Crippen LogP contribution >= 0.6 is 28.3 Å². The summed E-state index contributed by atoms with van der Waals surface area (Å²) in [6, 6.07) is 6.78. The topological polar surface area (TPSA) is 115 Å². The molecule has 7 nitrogen and oxygen atoms in total. The highest BCUT2D eigenvalue weighted by Gasteiger charge is 2.37. The van der Waals surface area contributed by atoms with Gasteiger partial charge in [0.2, 0.25) is 5.13 Å². The maximum Gasteiger partial charge on any atom is 0.261 e. The van der Waals surface area contributed by atoms with E-state index in [4.69, 9.17) is 11.5 Å². The van der Waals surface area contributed by atoms with E-state index >= 15 is 0 Å². The van der Waals surface area contributed by atoms with Crippen LogP contribution in [0.5, 0.6) is 0 Å². The summed E-state index contributed by atoms with van der Waals surface area (Å²) in [7, 11) is 0. The van der Waals surface area contributed by atoms with Gasteiger partial charge < -0.3 is 11.5 Å². The van der Waals surface area contributed by atoms with Crippen LogP contribution in [0.3, 0.4) is 0 Å². The van der Waals surface area contributed by atoms with Crippen LogP contribution in [0.25, 0.3) is 0 Å². The average molecular weight is 438 g/mol. The number of thiazole rings is 1. The second kappa shape index (κ2) is 8.41. The minimum Gasteiger partial charge on any atom is -0.370 e. The van der Waals surface area contributed by atoms with Gasteiger partial charge in [-0.05, 0) is 38.3 Å². The number of nitrogens with zero attached hydrogens (tertiary/aromatic N) is 3. The Morgan fingerprint density at radius 3 is 2.42 bits per heavy atom. The van der Waals surface area contributed by atoms with Crippen molar-refractivity contribution in [3.63, 3.8) is 0 Å². The van der Waals surface area contributed by atoms with Crippen LogP contribution in [-0.4, -0.2) is 33.7 Å². The van der Waals surface area contributed by atoms with E-state index in [0.717, 1.165) is 18.5 Å². The van der Waals surface area contributed by atoms with Crippen LogP contribution in [0.2, 0.25) is 0 Å². The number of amides is 2. The van der Waals surface area contributed by atoms with E-state index in [1.807, 2.05) is 12.3 Å². The van der Waals surface area contributed by atoms with Crippen molar-refractivity contribution in [1.82, 2.24) is 9.88 Å². The molecule has 0 saturated carbocycles. The van der Waals surface area contributed by atoms with Gasteiger partial charge in [0.1, 0.15) is 0 Å². The monoisotopic (exact) mass is 437 g/mol. The van der Waals surface area contributed by atoms with Crippen molar-refractivity contribution < 1.29 is 9.59 Å². The molecule has 9 heteroatoms. The summed E-state index contributed by atoms with van der Waals surface area (Å²) in [5.74, 6) is -0.436. The third-order valence-electron chi connectivity index (χ3n) is 4.09. The molecule has 0 spiro atoms. The van der Waals surface area contributed by atoms with Gasteiger partial charge >= 0.3 is 0 Å². The fourth-order valence-electron chi connectivity index (χ4n) is 2.89. The number of carbonyl (C=O) groups excluding carboxylic acids is 2. The first-order valence-corrected chi connectivity index (χ1v) is 8.86. The lowest BCUT2D eigenvalue weighted by Gasteiger charge is -2.22. The summed E-state index contributed by atoms with van der Waals surface area (Å²) in [5.41, 5.74) is 12.5. The van der Waals surface area contributed by atoms with Crippen molar-refractivity contribution in [2.45, 2.75) is 32.2 Å². The van der Waals surface area contributed by atoms with Crippen LogP contribution in [0.1, 0.15) is 46.2 Å². The molecule has 138 valence electrons. The summed E-state index contributed by atoms with van der Waals surface area (Å²) >= 11 is 1.38. The highest BCUT2D eigenvalue weighted by atomic mass is 79.9. The fourth-order valence-corrected chi connectivity index (χ4v) is 3.63. The van der Waals surface area contributed by atoms with Gasteiger partial charge in [-0.3, -0.25) is 14.5 Å². The van der Waals surface area contributed by atoms with E-state index in [2.05, 4.69) is 9.98 Å². The number of aliphatic imine (C=N–C) groups is 1. The largest absolute Gasteiger partial charge is 0.370 e. The molecule has 1 unspecified atom stereocenters. The Balaban J connectivity index is 0.00000243. The molecule has 0 aliphatic carbocycles. The Morgan fingerprint density at radius 1 is 1.23 bits per heavy atom. The van der Waals surface area contributed by atoms with Gasteiger partial charge in [-0.2, -0.15) is 4.99 Å². The zero-order valence-corrected chi connectivity index (χ0v) is 16.7. The zero-order valence-electron chi connectivity index (χ0n) is 14.2. The number of hydrogen-bond donors (Lipinski definition) is 2. The van der Waals surface area contributed by atoms with Gasteiger partial charge in [-0.25, -0.2) is 4.98 Å².